The van der Waals surface area contributed by atoms with Crippen LogP contribution in [0.5, 0.6) is 0 Å². The van der Waals surface area contributed by atoms with Gasteiger partial charge in [-0.2, -0.15) is 0 Å². The Balaban J connectivity index is 4.23. The molecule has 0 aliphatic heterocycles. The van der Waals surface area contributed by atoms with Crippen LogP contribution in [0.15, 0.2) is 12.7 Å². The molecule has 2 heteroatoms. The number of rotatable bonds is 5. The fourth-order valence-corrected chi connectivity index (χ4v) is 1.06. The number of carbonyl (C=O) groups excluding carboxylic acids is 1. The minimum Gasteiger partial charge on any atom is -0.468 e. The molecule has 70 valence electrons. The number of methoxy groups -OCH3 is 1. The number of ether oxygens (including phenoxy) is 1. The number of hydrogen-bond donors (Lipinski definition) is 0. The zero-order chi connectivity index (χ0) is 9.61. The molecule has 0 aromatic carbocycles. The molecular formula is C10H18O2. The van der Waals surface area contributed by atoms with Crippen molar-refractivity contribution >= 4 is 5.97 Å². The van der Waals surface area contributed by atoms with Crippen LogP contribution in [0.1, 0.15) is 33.1 Å². The molecule has 0 aliphatic rings. The summed E-state index contributed by atoms with van der Waals surface area (Å²) < 4.78 is 4.69. The van der Waals surface area contributed by atoms with Gasteiger partial charge in [-0.1, -0.05) is 25.8 Å². The number of esters is 1. The molecule has 0 radical (unpaired) electrons. The van der Waals surface area contributed by atoms with Gasteiger partial charge in [-0.15, -0.1) is 6.58 Å². The van der Waals surface area contributed by atoms with Crippen LogP contribution in [0.25, 0.3) is 0 Å². The molecule has 0 fully saturated rings. The Morgan fingerprint density at radius 2 is 2.25 bits per heavy atom. The fourth-order valence-electron chi connectivity index (χ4n) is 1.06. The van der Waals surface area contributed by atoms with E-state index in [-0.39, 0.29) is 5.97 Å². The third kappa shape index (κ3) is 2.68. The number of carbonyl (C=O) groups is 1. The number of unbranched alkanes of at least 4 members (excludes halogenated alkanes) is 1. The Morgan fingerprint density at radius 1 is 1.67 bits per heavy atom. The number of hydrogen-bond acceptors (Lipinski definition) is 2. The van der Waals surface area contributed by atoms with Gasteiger partial charge in [0.2, 0.25) is 0 Å². The molecule has 1 atom stereocenters. The molecular weight excluding hydrogens is 152 g/mol. The van der Waals surface area contributed by atoms with E-state index in [1.54, 1.807) is 6.08 Å². The lowest BCUT2D eigenvalue weighted by Crippen LogP contribution is -2.26. The first-order valence-corrected chi connectivity index (χ1v) is 4.32. The second-order valence-corrected chi connectivity index (χ2v) is 3.22. The first kappa shape index (κ1) is 11.2. The van der Waals surface area contributed by atoms with Crippen molar-refractivity contribution in [1.82, 2.24) is 0 Å². The summed E-state index contributed by atoms with van der Waals surface area (Å²) in [5.41, 5.74) is -0.495. The lowest BCUT2D eigenvalue weighted by atomic mass is 9.85. The monoisotopic (exact) mass is 170 g/mol. The van der Waals surface area contributed by atoms with E-state index in [4.69, 9.17) is 4.74 Å². The van der Waals surface area contributed by atoms with E-state index in [2.05, 4.69) is 13.5 Å². The average molecular weight is 170 g/mol. The van der Waals surface area contributed by atoms with Crippen LogP contribution in [0, 0.1) is 5.41 Å². The first-order valence-electron chi connectivity index (χ1n) is 4.32. The van der Waals surface area contributed by atoms with Crippen LogP contribution in [0.4, 0.5) is 0 Å². The van der Waals surface area contributed by atoms with Crippen molar-refractivity contribution in [2.45, 2.75) is 33.1 Å². The summed E-state index contributed by atoms with van der Waals surface area (Å²) in [6, 6.07) is 0. The summed E-state index contributed by atoms with van der Waals surface area (Å²) in [4.78, 5) is 11.3. The lowest BCUT2D eigenvalue weighted by molar-refractivity contribution is -0.149. The highest BCUT2D eigenvalue weighted by Gasteiger charge is 2.29. The van der Waals surface area contributed by atoms with Crippen molar-refractivity contribution in [3.8, 4) is 0 Å². The minimum absolute atomic E-state index is 0.189. The van der Waals surface area contributed by atoms with E-state index in [1.165, 1.54) is 7.11 Å². The Labute approximate surface area is 74.6 Å². The molecule has 0 saturated heterocycles. The molecule has 0 amide bonds. The summed E-state index contributed by atoms with van der Waals surface area (Å²) in [6.45, 7) is 7.61. The third-order valence-corrected chi connectivity index (χ3v) is 2.15. The molecule has 2 nitrogen and oxygen atoms in total. The maximum atomic E-state index is 11.3. The molecule has 0 bridgehead atoms. The maximum Gasteiger partial charge on any atom is 0.315 e. The lowest BCUT2D eigenvalue weighted by Gasteiger charge is -2.21. The van der Waals surface area contributed by atoms with E-state index in [9.17, 15) is 4.79 Å². The highest BCUT2D eigenvalue weighted by molar-refractivity contribution is 5.78. The third-order valence-electron chi connectivity index (χ3n) is 2.15. The standard InChI is InChI=1S/C10H18O2/c1-5-7-8-10(3,6-2)9(11)12-4/h6H,2,5,7-8H2,1,3-4H3/t10-/m0/s1. The van der Waals surface area contributed by atoms with Crippen molar-refractivity contribution in [3.05, 3.63) is 12.7 Å². The molecule has 0 N–H and O–H groups in total. The highest BCUT2D eigenvalue weighted by Crippen LogP contribution is 2.26. The zero-order valence-corrected chi connectivity index (χ0v) is 8.22. The van der Waals surface area contributed by atoms with E-state index in [1.807, 2.05) is 6.92 Å². The second kappa shape index (κ2) is 4.96. The molecule has 12 heavy (non-hydrogen) atoms. The van der Waals surface area contributed by atoms with Crippen molar-refractivity contribution in [1.29, 1.82) is 0 Å². The van der Waals surface area contributed by atoms with Crippen LogP contribution in [0.2, 0.25) is 0 Å². The highest BCUT2D eigenvalue weighted by atomic mass is 16.5. The van der Waals surface area contributed by atoms with Gasteiger partial charge in [-0.25, -0.2) is 0 Å². The zero-order valence-electron chi connectivity index (χ0n) is 8.22. The van der Waals surface area contributed by atoms with E-state index in [0.29, 0.717) is 0 Å². The maximum absolute atomic E-state index is 11.3. The molecule has 0 aromatic heterocycles. The largest absolute Gasteiger partial charge is 0.468 e. The summed E-state index contributed by atoms with van der Waals surface area (Å²) >= 11 is 0. The predicted molar refractivity (Wildman–Crippen MR) is 49.8 cm³/mol. The van der Waals surface area contributed by atoms with Gasteiger partial charge in [0, 0.05) is 0 Å². The molecule has 0 aromatic rings. The predicted octanol–water partition coefficient (Wildman–Crippen LogP) is 2.54. The van der Waals surface area contributed by atoms with Crippen LogP contribution in [0.3, 0.4) is 0 Å². The molecule has 0 aliphatic carbocycles. The normalized spacial score (nSPS) is 14.9. The Morgan fingerprint density at radius 3 is 2.58 bits per heavy atom. The molecule has 0 spiro atoms. The van der Waals surface area contributed by atoms with Crippen LogP contribution in [-0.4, -0.2) is 13.1 Å². The van der Waals surface area contributed by atoms with E-state index in [0.717, 1.165) is 19.3 Å². The van der Waals surface area contributed by atoms with Gasteiger partial charge in [0.05, 0.1) is 12.5 Å². The van der Waals surface area contributed by atoms with Crippen molar-refractivity contribution in [3.63, 3.8) is 0 Å². The SMILES string of the molecule is C=C[C@@](C)(CCCC)C(=O)OC. The average Bonchev–Trinajstić information content (AvgIpc) is 2.12. The van der Waals surface area contributed by atoms with Crippen molar-refractivity contribution < 1.29 is 9.53 Å². The van der Waals surface area contributed by atoms with Gasteiger partial charge in [0.25, 0.3) is 0 Å². The smallest absolute Gasteiger partial charge is 0.315 e. The molecule has 0 saturated carbocycles. The van der Waals surface area contributed by atoms with E-state index < -0.39 is 5.41 Å². The fraction of sp³-hybridized carbons (Fsp3) is 0.700. The summed E-state index contributed by atoms with van der Waals surface area (Å²) in [6.07, 6.45) is 4.60. The minimum atomic E-state index is -0.495. The van der Waals surface area contributed by atoms with Gasteiger partial charge in [0.1, 0.15) is 0 Å². The Kier molecular flexibility index (Phi) is 4.64. The van der Waals surface area contributed by atoms with Gasteiger partial charge in [-0.05, 0) is 13.3 Å². The Bertz CT molecular complexity index is 163. The molecule has 0 heterocycles. The van der Waals surface area contributed by atoms with E-state index >= 15 is 0 Å². The quantitative estimate of drug-likeness (QED) is 0.468. The van der Waals surface area contributed by atoms with Gasteiger partial charge < -0.3 is 4.74 Å². The van der Waals surface area contributed by atoms with Crippen molar-refractivity contribution in [2.75, 3.05) is 7.11 Å². The summed E-state index contributed by atoms with van der Waals surface area (Å²) in [5, 5.41) is 0. The topological polar surface area (TPSA) is 26.3 Å². The van der Waals surface area contributed by atoms with Gasteiger partial charge in [0.15, 0.2) is 0 Å². The van der Waals surface area contributed by atoms with Crippen LogP contribution in [-0.2, 0) is 9.53 Å². The molecule has 0 rings (SSSR count). The second-order valence-electron chi connectivity index (χ2n) is 3.22. The van der Waals surface area contributed by atoms with Crippen LogP contribution >= 0.6 is 0 Å². The molecule has 0 unspecified atom stereocenters. The first-order chi connectivity index (χ1) is 5.60. The van der Waals surface area contributed by atoms with Gasteiger partial charge in [-0.3, -0.25) is 4.79 Å². The van der Waals surface area contributed by atoms with Gasteiger partial charge >= 0.3 is 5.97 Å². The summed E-state index contributed by atoms with van der Waals surface area (Å²) in [5.74, 6) is -0.189. The van der Waals surface area contributed by atoms with Crippen molar-refractivity contribution in [2.24, 2.45) is 5.41 Å². The van der Waals surface area contributed by atoms with Crippen LogP contribution < -0.4 is 0 Å². The summed E-state index contributed by atoms with van der Waals surface area (Å²) in [7, 11) is 1.41. The Hall–Kier alpha value is -0.790.